The molecule has 0 aromatic carbocycles. The summed E-state index contributed by atoms with van der Waals surface area (Å²) in [6.45, 7) is 8.85. The number of nitrogens with one attached hydrogen (secondary N) is 1. The molecule has 2 rings (SSSR count). The number of carbonyl (C=O) groups is 1. The van der Waals surface area contributed by atoms with Crippen LogP contribution in [0.3, 0.4) is 0 Å². The number of nitrogens with zero attached hydrogens (tertiary/aromatic N) is 2. The van der Waals surface area contributed by atoms with Crippen molar-refractivity contribution in [2.45, 2.75) is 38.8 Å². The van der Waals surface area contributed by atoms with Gasteiger partial charge in [-0.3, -0.25) is 4.90 Å². The zero-order chi connectivity index (χ0) is 13.1. The second-order valence-electron chi connectivity index (χ2n) is 5.72. The quantitative estimate of drug-likeness (QED) is 0.774. The number of carboxylic acid groups (broad SMARTS) is 1. The van der Waals surface area contributed by atoms with Crippen LogP contribution in [-0.2, 0) is 0 Å². The summed E-state index contributed by atoms with van der Waals surface area (Å²) in [5.41, 5.74) is 0. The van der Waals surface area contributed by atoms with Crippen molar-refractivity contribution in [2.24, 2.45) is 5.92 Å². The van der Waals surface area contributed by atoms with Crippen LogP contribution in [0.25, 0.3) is 0 Å². The van der Waals surface area contributed by atoms with Gasteiger partial charge in [0, 0.05) is 25.7 Å². The normalized spacial score (nSPS) is 27.7. The molecule has 1 unspecified atom stereocenters. The second-order valence-corrected chi connectivity index (χ2v) is 5.72. The molecule has 0 radical (unpaired) electrons. The summed E-state index contributed by atoms with van der Waals surface area (Å²) >= 11 is 0. The van der Waals surface area contributed by atoms with Crippen molar-refractivity contribution < 1.29 is 9.90 Å². The van der Waals surface area contributed by atoms with Gasteiger partial charge in [0.05, 0.1) is 6.04 Å². The summed E-state index contributed by atoms with van der Waals surface area (Å²) in [6, 6.07) is 0.686. The van der Waals surface area contributed by atoms with E-state index in [1.807, 2.05) is 0 Å². The van der Waals surface area contributed by atoms with Gasteiger partial charge in [-0.05, 0) is 45.7 Å². The second kappa shape index (κ2) is 5.89. The van der Waals surface area contributed by atoms with E-state index in [1.54, 1.807) is 4.90 Å². The third-order valence-electron chi connectivity index (χ3n) is 4.35. The Hall–Kier alpha value is -0.810. The molecule has 2 heterocycles. The molecular formula is C13H25N3O2. The molecule has 0 aromatic rings. The fourth-order valence-corrected chi connectivity index (χ4v) is 3.17. The molecular weight excluding hydrogens is 230 g/mol. The minimum atomic E-state index is -0.748. The monoisotopic (exact) mass is 255 g/mol. The first kappa shape index (κ1) is 13.6. The van der Waals surface area contributed by atoms with Gasteiger partial charge >= 0.3 is 6.09 Å². The van der Waals surface area contributed by atoms with E-state index in [1.165, 1.54) is 0 Å². The fourth-order valence-electron chi connectivity index (χ4n) is 3.17. The fraction of sp³-hybridized carbons (Fsp3) is 0.923. The first-order chi connectivity index (χ1) is 8.59. The Morgan fingerprint density at radius 1 is 1.28 bits per heavy atom. The zero-order valence-electron chi connectivity index (χ0n) is 11.4. The van der Waals surface area contributed by atoms with E-state index >= 15 is 0 Å². The lowest BCUT2D eigenvalue weighted by Gasteiger charge is -2.45. The van der Waals surface area contributed by atoms with E-state index < -0.39 is 6.09 Å². The Morgan fingerprint density at radius 3 is 2.50 bits per heavy atom. The number of piperidine rings is 1. The summed E-state index contributed by atoms with van der Waals surface area (Å²) in [6.07, 6.45) is 1.45. The van der Waals surface area contributed by atoms with Crippen molar-refractivity contribution in [1.82, 2.24) is 15.1 Å². The van der Waals surface area contributed by atoms with Gasteiger partial charge in [-0.1, -0.05) is 0 Å². The van der Waals surface area contributed by atoms with Gasteiger partial charge in [0.1, 0.15) is 0 Å². The van der Waals surface area contributed by atoms with Crippen LogP contribution in [0, 0.1) is 5.92 Å². The molecule has 0 bridgehead atoms. The minimum Gasteiger partial charge on any atom is -0.465 e. The summed E-state index contributed by atoms with van der Waals surface area (Å²) in [4.78, 5) is 15.5. The maximum Gasteiger partial charge on any atom is 0.407 e. The molecule has 2 saturated heterocycles. The number of hydrogen-bond acceptors (Lipinski definition) is 3. The molecule has 5 heteroatoms. The van der Waals surface area contributed by atoms with Gasteiger partial charge in [-0.25, -0.2) is 4.79 Å². The van der Waals surface area contributed by atoms with Gasteiger partial charge < -0.3 is 15.3 Å². The van der Waals surface area contributed by atoms with Crippen LogP contribution in [0.1, 0.15) is 26.7 Å². The summed E-state index contributed by atoms with van der Waals surface area (Å²) in [7, 11) is 0. The molecule has 1 atom stereocenters. The molecule has 1 amide bonds. The molecule has 0 saturated carbocycles. The first-order valence-electron chi connectivity index (χ1n) is 7.04. The van der Waals surface area contributed by atoms with E-state index in [-0.39, 0.29) is 6.04 Å². The number of rotatable bonds is 2. The highest BCUT2D eigenvalue weighted by Gasteiger charge is 2.36. The smallest absolute Gasteiger partial charge is 0.407 e. The number of amides is 1. The molecule has 104 valence electrons. The van der Waals surface area contributed by atoms with Gasteiger partial charge in [0.25, 0.3) is 0 Å². The highest BCUT2D eigenvalue weighted by molar-refractivity contribution is 5.65. The lowest BCUT2D eigenvalue weighted by atomic mass is 9.87. The Kier molecular flexibility index (Phi) is 4.45. The third-order valence-corrected chi connectivity index (χ3v) is 4.35. The van der Waals surface area contributed by atoms with Crippen molar-refractivity contribution in [3.63, 3.8) is 0 Å². The summed E-state index contributed by atoms with van der Waals surface area (Å²) < 4.78 is 0. The summed E-state index contributed by atoms with van der Waals surface area (Å²) in [5.74, 6) is 0.518. The van der Waals surface area contributed by atoms with E-state index in [0.717, 1.165) is 39.0 Å². The Bertz CT molecular complexity index is 290. The van der Waals surface area contributed by atoms with Gasteiger partial charge in [0.2, 0.25) is 0 Å². The molecule has 0 spiro atoms. The van der Waals surface area contributed by atoms with Crippen LogP contribution in [-0.4, -0.2) is 65.8 Å². The van der Waals surface area contributed by atoms with Crippen molar-refractivity contribution in [3.8, 4) is 0 Å². The van der Waals surface area contributed by atoms with Crippen LogP contribution in [0.15, 0.2) is 0 Å². The lowest BCUT2D eigenvalue weighted by Crippen LogP contribution is -2.59. The molecule has 2 fully saturated rings. The van der Waals surface area contributed by atoms with Crippen LogP contribution in [0.4, 0.5) is 4.79 Å². The SMILES string of the molecule is CC(C)N1CCN(C(=O)O)C(C2CCNCC2)C1. The Balaban J connectivity index is 2.06. The molecule has 0 aliphatic carbocycles. The van der Waals surface area contributed by atoms with E-state index in [0.29, 0.717) is 18.5 Å². The van der Waals surface area contributed by atoms with Gasteiger partial charge in [-0.2, -0.15) is 0 Å². The van der Waals surface area contributed by atoms with Crippen LogP contribution < -0.4 is 5.32 Å². The highest BCUT2D eigenvalue weighted by Crippen LogP contribution is 2.25. The van der Waals surface area contributed by atoms with Crippen LogP contribution >= 0.6 is 0 Å². The van der Waals surface area contributed by atoms with E-state index in [4.69, 9.17) is 0 Å². The van der Waals surface area contributed by atoms with Crippen molar-refractivity contribution >= 4 is 6.09 Å². The van der Waals surface area contributed by atoms with Crippen molar-refractivity contribution in [3.05, 3.63) is 0 Å². The largest absolute Gasteiger partial charge is 0.465 e. The maximum absolute atomic E-state index is 11.4. The van der Waals surface area contributed by atoms with Crippen molar-refractivity contribution in [2.75, 3.05) is 32.7 Å². The van der Waals surface area contributed by atoms with E-state index in [9.17, 15) is 9.90 Å². The van der Waals surface area contributed by atoms with Gasteiger partial charge in [-0.15, -0.1) is 0 Å². The number of hydrogen-bond donors (Lipinski definition) is 2. The Labute approximate surface area is 109 Å². The zero-order valence-corrected chi connectivity index (χ0v) is 11.4. The average Bonchev–Trinajstić information content (AvgIpc) is 2.39. The highest BCUT2D eigenvalue weighted by atomic mass is 16.4. The topological polar surface area (TPSA) is 55.8 Å². The molecule has 5 nitrogen and oxygen atoms in total. The molecule has 18 heavy (non-hydrogen) atoms. The molecule has 2 aliphatic rings. The minimum absolute atomic E-state index is 0.181. The maximum atomic E-state index is 11.4. The first-order valence-corrected chi connectivity index (χ1v) is 7.04. The van der Waals surface area contributed by atoms with Gasteiger partial charge in [0.15, 0.2) is 0 Å². The average molecular weight is 255 g/mol. The Morgan fingerprint density at radius 2 is 1.94 bits per heavy atom. The number of piperazine rings is 1. The van der Waals surface area contributed by atoms with E-state index in [2.05, 4.69) is 24.1 Å². The molecule has 2 N–H and O–H groups in total. The standard InChI is InChI=1S/C13H25N3O2/c1-10(2)15-7-8-16(13(17)18)12(9-15)11-3-5-14-6-4-11/h10-12,14H,3-9H2,1-2H3,(H,17,18). The molecule has 0 aromatic heterocycles. The predicted molar refractivity (Wildman–Crippen MR) is 70.8 cm³/mol. The summed E-state index contributed by atoms with van der Waals surface area (Å²) in [5, 5.41) is 12.7. The van der Waals surface area contributed by atoms with Crippen LogP contribution in [0.5, 0.6) is 0 Å². The van der Waals surface area contributed by atoms with Crippen LogP contribution in [0.2, 0.25) is 0 Å². The third kappa shape index (κ3) is 2.95. The van der Waals surface area contributed by atoms with Crippen molar-refractivity contribution in [1.29, 1.82) is 0 Å². The predicted octanol–water partition coefficient (Wildman–Crippen LogP) is 1.06. The lowest BCUT2D eigenvalue weighted by molar-refractivity contribution is 0.0244. The molecule has 2 aliphatic heterocycles.